The molecule has 0 N–H and O–H groups in total. The van der Waals surface area contributed by atoms with Gasteiger partial charge in [-0.15, -0.1) is 5.06 Å². The van der Waals surface area contributed by atoms with E-state index in [-0.39, 0.29) is 26.0 Å². The van der Waals surface area contributed by atoms with Gasteiger partial charge in [-0.25, -0.2) is 14.7 Å². The highest BCUT2D eigenvalue weighted by atomic mass is 35.5. The van der Waals surface area contributed by atoms with E-state index in [1.54, 1.807) is 20.8 Å². The smallest absolute Gasteiger partial charge is 0.411 e. The van der Waals surface area contributed by atoms with E-state index in [4.69, 9.17) is 26.0 Å². The van der Waals surface area contributed by atoms with Gasteiger partial charge in [-0.1, -0.05) is 43.2 Å². The van der Waals surface area contributed by atoms with Crippen LogP contribution < -0.4 is 0 Å². The van der Waals surface area contributed by atoms with Gasteiger partial charge in [-0.05, 0) is 63.6 Å². The summed E-state index contributed by atoms with van der Waals surface area (Å²) in [6, 6.07) is 7.33. The van der Waals surface area contributed by atoms with Crippen molar-refractivity contribution >= 4 is 40.8 Å². The molecule has 11 nitrogen and oxygen atoms in total. The number of carbonyl (C=O) groups excluding carboxylic acids is 5. The maximum absolute atomic E-state index is 13.3. The predicted octanol–water partition coefficient (Wildman–Crippen LogP) is 4.18. The van der Waals surface area contributed by atoms with E-state index in [9.17, 15) is 24.0 Å². The fraction of sp³-hybridized carbons (Fsp3) is 0.593. The van der Waals surface area contributed by atoms with Crippen molar-refractivity contribution in [3.8, 4) is 0 Å². The number of hydrogen-bond donors (Lipinski definition) is 0. The van der Waals surface area contributed by atoms with E-state index in [1.165, 1.54) is 0 Å². The quantitative estimate of drug-likeness (QED) is 0.219. The van der Waals surface area contributed by atoms with Crippen LogP contribution in [-0.2, 0) is 35.4 Å². The fourth-order valence-corrected chi connectivity index (χ4v) is 5.49. The van der Waals surface area contributed by atoms with Crippen molar-refractivity contribution < 1.29 is 38.4 Å². The van der Waals surface area contributed by atoms with Gasteiger partial charge in [0.15, 0.2) is 0 Å². The number of fused-ring (bicyclic) bond motifs is 1. The third-order valence-corrected chi connectivity index (χ3v) is 7.32. The number of ether oxygens (including phenoxy) is 1. The predicted molar refractivity (Wildman–Crippen MR) is 137 cm³/mol. The highest BCUT2D eigenvalue weighted by Gasteiger charge is 2.52. The monoisotopic (exact) mass is 563 g/mol. The van der Waals surface area contributed by atoms with Gasteiger partial charge in [-0.3, -0.25) is 24.1 Å². The van der Waals surface area contributed by atoms with Crippen molar-refractivity contribution in [2.45, 2.75) is 83.6 Å². The van der Waals surface area contributed by atoms with E-state index in [1.807, 2.05) is 30.3 Å². The van der Waals surface area contributed by atoms with Gasteiger partial charge >= 0.3 is 17.4 Å². The van der Waals surface area contributed by atoms with Gasteiger partial charge in [0.2, 0.25) is 0 Å². The minimum absolute atomic E-state index is 0.0567. The van der Waals surface area contributed by atoms with E-state index in [2.05, 4.69) is 0 Å². The number of benzene rings is 1. The summed E-state index contributed by atoms with van der Waals surface area (Å²) in [6.45, 7) is 4.96. The van der Waals surface area contributed by atoms with Gasteiger partial charge in [-0.2, -0.15) is 0 Å². The highest BCUT2D eigenvalue weighted by Crippen LogP contribution is 2.38. The molecule has 1 saturated carbocycles. The number of amides is 4. The van der Waals surface area contributed by atoms with Crippen LogP contribution in [0.5, 0.6) is 0 Å². The van der Waals surface area contributed by atoms with Crippen molar-refractivity contribution in [3.05, 3.63) is 35.9 Å². The Bertz CT molecular complexity index is 1080. The molecule has 2 unspecified atom stereocenters. The molecule has 0 spiro atoms. The Kier molecular flexibility index (Phi) is 8.80. The standard InChI is InChI=1S/C27H34ClN3O8/c1-27(2,3)38-26(36)29-15-18(30(25(28)35)37-16-17-9-5-4-6-10-17)13-14-21(29)24(34)39-31-22(32)19-11-7-8-12-20(19)23(31)33/h4-6,9-10,18-21H,7-8,11-16H2,1-3H3/t18-,19?,20?,21+/m1/s1. The molecule has 3 aliphatic rings. The average Bonchev–Trinajstić information content (AvgIpc) is 3.13. The molecule has 4 amide bonds. The topological polar surface area (TPSA) is 123 Å². The van der Waals surface area contributed by atoms with Crippen molar-refractivity contribution in [1.29, 1.82) is 0 Å². The van der Waals surface area contributed by atoms with E-state index < -0.39 is 58.8 Å². The molecule has 2 heterocycles. The van der Waals surface area contributed by atoms with Crippen molar-refractivity contribution in [3.63, 3.8) is 0 Å². The molecule has 4 rings (SSSR count). The molecule has 3 fully saturated rings. The largest absolute Gasteiger partial charge is 0.444 e. The summed E-state index contributed by atoms with van der Waals surface area (Å²) >= 11 is 5.84. The summed E-state index contributed by atoms with van der Waals surface area (Å²) < 4.78 is 5.52. The minimum Gasteiger partial charge on any atom is -0.444 e. The molecule has 2 saturated heterocycles. The lowest BCUT2D eigenvalue weighted by molar-refractivity contribution is -0.205. The Morgan fingerprint density at radius 1 is 0.974 bits per heavy atom. The number of nitrogens with zero attached hydrogens (tertiary/aromatic N) is 3. The molecule has 0 radical (unpaired) electrons. The Labute approximate surface area is 232 Å². The van der Waals surface area contributed by atoms with E-state index in [0.717, 1.165) is 28.4 Å². The second-order valence-corrected chi connectivity index (χ2v) is 11.4. The lowest BCUT2D eigenvalue weighted by Gasteiger charge is -2.41. The number of hydrogen-bond acceptors (Lipinski definition) is 8. The Morgan fingerprint density at radius 3 is 2.15 bits per heavy atom. The number of likely N-dealkylation sites (tertiary alicyclic amines) is 1. The van der Waals surface area contributed by atoms with Crippen LogP contribution in [-0.4, -0.2) is 68.5 Å². The maximum Gasteiger partial charge on any atom is 0.411 e. The van der Waals surface area contributed by atoms with Crippen LogP contribution in [0.1, 0.15) is 64.9 Å². The van der Waals surface area contributed by atoms with Crippen LogP contribution in [0.25, 0.3) is 0 Å². The number of carbonyl (C=O) groups is 5. The molecule has 4 atom stereocenters. The van der Waals surface area contributed by atoms with Crippen molar-refractivity contribution in [1.82, 2.24) is 15.0 Å². The number of rotatable bonds is 6. The average molecular weight is 564 g/mol. The Balaban J connectivity index is 1.49. The van der Waals surface area contributed by atoms with Crippen molar-refractivity contribution in [2.75, 3.05) is 6.54 Å². The normalized spacial score (nSPS) is 25.2. The molecule has 0 aromatic heterocycles. The molecule has 39 heavy (non-hydrogen) atoms. The van der Waals surface area contributed by atoms with Gasteiger partial charge in [0.1, 0.15) is 18.2 Å². The molecule has 212 valence electrons. The fourth-order valence-electron chi connectivity index (χ4n) is 5.30. The first kappa shape index (κ1) is 28.8. The second-order valence-electron chi connectivity index (χ2n) is 11.1. The van der Waals surface area contributed by atoms with Crippen LogP contribution in [0.15, 0.2) is 30.3 Å². The molecule has 12 heteroatoms. The summed E-state index contributed by atoms with van der Waals surface area (Å²) in [5.41, 5.74) is -0.0666. The zero-order valence-corrected chi connectivity index (χ0v) is 23.1. The summed E-state index contributed by atoms with van der Waals surface area (Å²) in [5.74, 6) is -2.94. The van der Waals surface area contributed by atoms with Crippen LogP contribution in [0.2, 0.25) is 0 Å². The summed E-state index contributed by atoms with van der Waals surface area (Å²) in [5, 5.41) is 0.683. The number of hydroxylamine groups is 4. The lowest BCUT2D eigenvalue weighted by Crippen LogP contribution is -2.58. The van der Waals surface area contributed by atoms with Gasteiger partial charge < -0.3 is 9.57 Å². The molecular formula is C27H34ClN3O8. The third kappa shape index (κ3) is 6.70. The van der Waals surface area contributed by atoms with Crippen LogP contribution in [0.4, 0.5) is 9.59 Å². The number of halogens is 1. The Hall–Kier alpha value is -3.18. The summed E-state index contributed by atoms with van der Waals surface area (Å²) in [6.07, 6.45) is 2.29. The maximum atomic E-state index is 13.3. The Morgan fingerprint density at radius 2 is 1.59 bits per heavy atom. The van der Waals surface area contributed by atoms with Gasteiger partial charge in [0, 0.05) is 6.54 Å². The number of imide groups is 1. The third-order valence-electron chi connectivity index (χ3n) is 7.16. The van der Waals surface area contributed by atoms with Crippen molar-refractivity contribution in [2.24, 2.45) is 11.8 Å². The molecule has 2 aliphatic heterocycles. The zero-order valence-electron chi connectivity index (χ0n) is 22.3. The van der Waals surface area contributed by atoms with E-state index in [0.29, 0.717) is 17.9 Å². The second kappa shape index (κ2) is 11.9. The van der Waals surface area contributed by atoms with Crippen LogP contribution in [0.3, 0.4) is 0 Å². The molecule has 0 bridgehead atoms. The molecular weight excluding hydrogens is 530 g/mol. The zero-order chi connectivity index (χ0) is 28.3. The highest BCUT2D eigenvalue weighted by molar-refractivity contribution is 6.62. The number of piperidine rings is 1. The SMILES string of the molecule is CC(C)(C)OC(=O)N1C[C@H](N(OCc2ccccc2)C(=O)Cl)CC[C@H]1C(=O)ON1C(=O)C2CCCCC2C1=O. The first-order chi connectivity index (χ1) is 18.5. The van der Waals surface area contributed by atoms with Gasteiger partial charge in [0.05, 0.1) is 17.9 Å². The molecule has 1 aliphatic carbocycles. The first-order valence-corrected chi connectivity index (χ1v) is 13.6. The molecule has 1 aromatic carbocycles. The van der Waals surface area contributed by atoms with Gasteiger partial charge in [0.25, 0.3) is 11.8 Å². The minimum atomic E-state index is -1.15. The summed E-state index contributed by atoms with van der Waals surface area (Å²) in [4.78, 5) is 76.6. The van der Waals surface area contributed by atoms with Crippen LogP contribution >= 0.6 is 11.6 Å². The first-order valence-electron chi connectivity index (χ1n) is 13.2. The molecule has 1 aromatic rings. The lowest BCUT2D eigenvalue weighted by atomic mass is 9.81. The van der Waals surface area contributed by atoms with E-state index >= 15 is 0 Å². The van der Waals surface area contributed by atoms with Crippen LogP contribution in [0, 0.1) is 11.8 Å². The summed E-state index contributed by atoms with van der Waals surface area (Å²) in [7, 11) is 0.